The Bertz CT molecular complexity index is 795. The van der Waals surface area contributed by atoms with Crippen LogP contribution in [0, 0.1) is 0 Å². The number of hydrogen-bond acceptors (Lipinski definition) is 3. The van der Waals surface area contributed by atoms with E-state index in [9.17, 15) is 9.59 Å². The highest BCUT2D eigenvalue weighted by Gasteiger charge is 2.28. The van der Waals surface area contributed by atoms with Crippen LogP contribution in [0.4, 0.5) is 0 Å². The molecule has 2 rings (SSSR count). The van der Waals surface area contributed by atoms with Crippen molar-refractivity contribution >= 4 is 11.8 Å². The molecule has 0 aliphatic heterocycles. The third-order valence-corrected chi connectivity index (χ3v) is 4.91. The quantitative estimate of drug-likeness (QED) is 0.736. The van der Waals surface area contributed by atoms with Crippen molar-refractivity contribution < 1.29 is 14.3 Å². The molecule has 0 saturated carbocycles. The van der Waals surface area contributed by atoms with Gasteiger partial charge in [-0.2, -0.15) is 0 Å². The maximum Gasteiger partial charge on any atom is 0.261 e. The fourth-order valence-electron chi connectivity index (χ4n) is 3.15. The van der Waals surface area contributed by atoms with Gasteiger partial charge in [-0.1, -0.05) is 70.2 Å². The monoisotopic (exact) mass is 396 g/mol. The molecule has 0 saturated heterocycles. The Hall–Kier alpha value is -2.82. The van der Waals surface area contributed by atoms with Gasteiger partial charge in [0.05, 0.1) is 0 Å². The van der Waals surface area contributed by atoms with Gasteiger partial charge in [0, 0.05) is 13.6 Å². The number of amides is 2. The molecule has 0 aliphatic carbocycles. The summed E-state index contributed by atoms with van der Waals surface area (Å²) >= 11 is 0. The van der Waals surface area contributed by atoms with Gasteiger partial charge in [0.15, 0.2) is 6.61 Å². The van der Waals surface area contributed by atoms with Crippen LogP contribution in [0.15, 0.2) is 54.6 Å². The Balaban J connectivity index is 2.12. The first-order valence-corrected chi connectivity index (χ1v) is 10.0. The molecule has 29 heavy (non-hydrogen) atoms. The van der Waals surface area contributed by atoms with Crippen LogP contribution in [-0.2, 0) is 21.5 Å². The standard InChI is InChI=1S/C24H32N2O3/c1-6-21(23(28)25-5)26(16-18-10-8-7-9-11-18)22(27)17-29-20-14-12-19(13-15-20)24(2,3)4/h7-15,21H,6,16-17H2,1-5H3,(H,25,28)/t21-/m0/s1. The number of benzene rings is 2. The molecule has 156 valence electrons. The molecule has 0 heterocycles. The summed E-state index contributed by atoms with van der Waals surface area (Å²) in [5.41, 5.74) is 2.23. The molecular formula is C24H32N2O3. The van der Waals surface area contributed by atoms with Crippen molar-refractivity contribution in [2.45, 2.75) is 52.1 Å². The summed E-state index contributed by atoms with van der Waals surface area (Å²) in [6, 6.07) is 16.9. The van der Waals surface area contributed by atoms with Gasteiger partial charge in [0.2, 0.25) is 5.91 Å². The minimum Gasteiger partial charge on any atom is -0.484 e. The molecule has 0 aliphatic rings. The number of nitrogens with one attached hydrogen (secondary N) is 1. The van der Waals surface area contributed by atoms with Crippen molar-refractivity contribution in [3.63, 3.8) is 0 Å². The first-order chi connectivity index (χ1) is 13.8. The Labute approximate surface area is 174 Å². The van der Waals surface area contributed by atoms with E-state index in [1.807, 2.05) is 61.5 Å². The lowest BCUT2D eigenvalue weighted by atomic mass is 9.87. The predicted octanol–water partition coefficient (Wildman–Crippen LogP) is 3.92. The van der Waals surface area contributed by atoms with E-state index in [-0.39, 0.29) is 23.8 Å². The van der Waals surface area contributed by atoms with Gasteiger partial charge in [-0.25, -0.2) is 0 Å². The van der Waals surface area contributed by atoms with Gasteiger partial charge in [-0.15, -0.1) is 0 Å². The average molecular weight is 397 g/mol. The molecule has 0 fully saturated rings. The summed E-state index contributed by atoms with van der Waals surface area (Å²) in [5.74, 6) is 0.245. The molecule has 0 bridgehead atoms. The van der Waals surface area contributed by atoms with E-state index in [1.165, 1.54) is 5.56 Å². The first kappa shape index (κ1) is 22.5. The molecule has 2 aromatic carbocycles. The van der Waals surface area contributed by atoms with Crippen molar-refractivity contribution in [2.24, 2.45) is 0 Å². The van der Waals surface area contributed by atoms with Crippen molar-refractivity contribution in [3.8, 4) is 5.75 Å². The van der Waals surface area contributed by atoms with E-state index >= 15 is 0 Å². The van der Waals surface area contributed by atoms with Crippen molar-refractivity contribution in [3.05, 3.63) is 65.7 Å². The second kappa shape index (κ2) is 10.1. The van der Waals surface area contributed by atoms with E-state index in [1.54, 1.807) is 11.9 Å². The van der Waals surface area contributed by atoms with Crippen LogP contribution in [0.2, 0.25) is 0 Å². The number of carbonyl (C=O) groups excluding carboxylic acids is 2. The van der Waals surface area contributed by atoms with Crippen LogP contribution < -0.4 is 10.1 Å². The largest absolute Gasteiger partial charge is 0.484 e. The highest BCUT2D eigenvalue weighted by atomic mass is 16.5. The first-order valence-electron chi connectivity index (χ1n) is 10.0. The maximum atomic E-state index is 13.0. The summed E-state index contributed by atoms with van der Waals surface area (Å²) in [5, 5.41) is 2.66. The Kier molecular flexibility index (Phi) is 7.82. The highest BCUT2D eigenvalue weighted by molar-refractivity contribution is 5.88. The number of likely N-dealkylation sites (N-methyl/N-ethyl adjacent to an activating group) is 1. The summed E-state index contributed by atoms with van der Waals surface area (Å²) in [4.78, 5) is 26.9. The van der Waals surface area contributed by atoms with Crippen LogP contribution in [0.5, 0.6) is 5.75 Å². The molecule has 2 aromatic rings. The normalized spacial score (nSPS) is 12.2. The molecular weight excluding hydrogens is 364 g/mol. The third-order valence-electron chi connectivity index (χ3n) is 4.91. The predicted molar refractivity (Wildman–Crippen MR) is 116 cm³/mol. The number of hydrogen-bond donors (Lipinski definition) is 1. The van der Waals surface area contributed by atoms with Crippen LogP contribution in [0.1, 0.15) is 45.2 Å². The molecule has 0 radical (unpaired) electrons. The zero-order valence-electron chi connectivity index (χ0n) is 18.1. The van der Waals surface area contributed by atoms with Crippen LogP contribution in [0.3, 0.4) is 0 Å². The molecule has 1 N–H and O–H groups in total. The molecule has 0 spiro atoms. The molecule has 5 heteroatoms. The summed E-state index contributed by atoms with van der Waals surface area (Å²) < 4.78 is 5.74. The van der Waals surface area contributed by atoms with E-state index in [0.29, 0.717) is 18.7 Å². The topological polar surface area (TPSA) is 58.6 Å². The Morgan fingerprint density at radius 3 is 2.17 bits per heavy atom. The minimum absolute atomic E-state index is 0.0582. The van der Waals surface area contributed by atoms with Gasteiger partial charge >= 0.3 is 0 Å². The average Bonchev–Trinajstić information content (AvgIpc) is 2.72. The molecule has 0 aromatic heterocycles. The summed E-state index contributed by atoms with van der Waals surface area (Å²) in [7, 11) is 1.59. The maximum absolute atomic E-state index is 13.0. The van der Waals surface area contributed by atoms with E-state index in [2.05, 4.69) is 26.1 Å². The Morgan fingerprint density at radius 2 is 1.66 bits per heavy atom. The van der Waals surface area contributed by atoms with Crippen LogP contribution in [0.25, 0.3) is 0 Å². The van der Waals surface area contributed by atoms with Gasteiger partial charge in [-0.05, 0) is 35.1 Å². The van der Waals surface area contributed by atoms with Crippen LogP contribution in [-0.4, -0.2) is 36.4 Å². The van der Waals surface area contributed by atoms with Gasteiger partial charge in [0.1, 0.15) is 11.8 Å². The fraction of sp³-hybridized carbons (Fsp3) is 0.417. The van der Waals surface area contributed by atoms with Crippen molar-refractivity contribution in [1.29, 1.82) is 0 Å². The SMILES string of the molecule is CC[C@@H](C(=O)NC)N(Cc1ccccc1)C(=O)COc1ccc(C(C)(C)C)cc1. The second-order valence-corrected chi connectivity index (χ2v) is 8.11. The Morgan fingerprint density at radius 1 is 1.03 bits per heavy atom. The molecule has 1 atom stereocenters. The van der Waals surface area contributed by atoms with E-state index in [4.69, 9.17) is 4.74 Å². The third kappa shape index (κ3) is 6.34. The molecule has 5 nitrogen and oxygen atoms in total. The van der Waals surface area contributed by atoms with Gasteiger partial charge in [0.25, 0.3) is 5.91 Å². The summed E-state index contributed by atoms with van der Waals surface area (Å²) in [6.45, 7) is 8.59. The van der Waals surface area contributed by atoms with Crippen molar-refractivity contribution in [1.82, 2.24) is 10.2 Å². The van der Waals surface area contributed by atoms with E-state index < -0.39 is 6.04 Å². The number of rotatable bonds is 8. The smallest absolute Gasteiger partial charge is 0.261 e. The molecule has 0 unspecified atom stereocenters. The van der Waals surface area contributed by atoms with Gasteiger partial charge in [-0.3, -0.25) is 9.59 Å². The number of nitrogens with zero attached hydrogens (tertiary/aromatic N) is 1. The summed E-state index contributed by atoms with van der Waals surface area (Å²) in [6.07, 6.45) is 0.526. The second-order valence-electron chi connectivity index (χ2n) is 8.11. The number of carbonyl (C=O) groups is 2. The lowest BCUT2D eigenvalue weighted by Crippen LogP contribution is -2.49. The lowest BCUT2D eigenvalue weighted by Gasteiger charge is -2.30. The fourth-order valence-corrected chi connectivity index (χ4v) is 3.15. The highest BCUT2D eigenvalue weighted by Crippen LogP contribution is 2.24. The zero-order chi connectivity index (χ0) is 21.4. The van der Waals surface area contributed by atoms with Crippen molar-refractivity contribution in [2.75, 3.05) is 13.7 Å². The minimum atomic E-state index is -0.542. The molecule has 2 amide bonds. The van der Waals surface area contributed by atoms with Crippen LogP contribution >= 0.6 is 0 Å². The van der Waals surface area contributed by atoms with Gasteiger partial charge < -0.3 is 15.0 Å². The lowest BCUT2D eigenvalue weighted by molar-refractivity contribution is -0.142. The number of ether oxygens (including phenoxy) is 1. The van der Waals surface area contributed by atoms with E-state index in [0.717, 1.165) is 5.56 Å². The zero-order valence-corrected chi connectivity index (χ0v) is 18.1.